The van der Waals surface area contributed by atoms with Gasteiger partial charge in [-0.05, 0) is 33.6 Å². The molecule has 0 aromatic carbocycles. The minimum absolute atomic E-state index is 0.0128. The molecule has 0 aromatic heterocycles. The lowest BCUT2D eigenvalue weighted by atomic mass is 10.0. The van der Waals surface area contributed by atoms with E-state index in [0.29, 0.717) is 26.0 Å². The van der Waals surface area contributed by atoms with Crippen LogP contribution in [0, 0.1) is 5.92 Å². The van der Waals surface area contributed by atoms with Crippen LogP contribution in [0.15, 0.2) is 0 Å². The Kier molecular flexibility index (Phi) is 6.91. The molecule has 118 valence electrons. The van der Waals surface area contributed by atoms with E-state index in [-0.39, 0.29) is 36.9 Å². The summed E-state index contributed by atoms with van der Waals surface area (Å²) in [6.45, 7) is 6.68. The largest absolute Gasteiger partial charge is 0.466 e. The van der Waals surface area contributed by atoms with Crippen LogP contribution in [0.5, 0.6) is 0 Å². The van der Waals surface area contributed by atoms with Crippen molar-refractivity contribution in [2.24, 2.45) is 5.92 Å². The number of esters is 1. The van der Waals surface area contributed by atoms with Gasteiger partial charge in [-0.2, -0.15) is 0 Å². The Balaban J connectivity index is 2.54. The zero-order chi connectivity index (χ0) is 15.2. The van der Waals surface area contributed by atoms with Crippen LogP contribution in [0.25, 0.3) is 0 Å². The van der Waals surface area contributed by atoms with Crippen molar-refractivity contribution in [2.45, 2.75) is 39.7 Å². The van der Waals surface area contributed by atoms with E-state index < -0.39 is 10.0 Å². The Morgan fingerprint density at radius 1 is 1.40 bits per heavy atom. The highest BCUT2D eigenvalue weighted by Crippen LogP contribution is 2.20. The van der Waals surface area contributed by atoms with Crippen LogP contribution < -0.4 is 0 Å². The van der Waals surface area contributed by atoms with Crippen molar-refractivity contribution in [2.75, 3.05) is 32.1 Å². The third-order valence-corrected chi connectivity index (χ3v) is 4.99. The molecule has 0 unspecified atom stereocenters. The molecule has 1 rings (SSSR count). The number of carbonyl (C=O) groups is 1. The molecule has 20 heavy (non-hydrogen) atoms. The quantitative estimate of drug-likeness (QED) is 0.657. The molecular weight excluding hydrogens is 282 g/mol. The predicted octanol–water partition coefficient (Wildman–Crippen LogP) is 1.02. The van der Waals surface area contributed by atoms with E-state index in [9.17, 15) is 13.2 Å². The molecule has 1 aliphatic heterocycles. The van der Waals surface area contributed by atoms with E-state index in [2.05, 4.69) is 0 Å². The normalized spacial score (nSPS) is 21.1. The van der Waals surface area contributed by atoms with Crippen LogP contribution in [-0.2, 0) is 24.3 Å². The van der Waals surface area contributed by atoms with Crippen molar-refractivity contribution >= 4 is 16.0 Å². The molecule has 0 aromatic rings. The van der Waals surface area contributed by atoms with Gasteiger partial charge in [0.25, 0.3) is 0 Å². The number of hydrogen-bond donors (Lipinski definition) is 0. The van der Waals surface area contributed by atoms with Gasteiger partial charge in [0.15, 0.2) is 0 Å². The van der Waals surface area contributed by atoms with Crippen molar-refractivity contribution in [3.8, 4) is 0 Å². The summed E-state index contributed by atoms with van der Waals surface area (Å²) in [7, 11) is -3.36. The lowest BCUT2D eigenvalue weighted by Gasteiger charge is -2.30. The van der Waals surface area contributed by atoms with E-state index >= 15 is 0 Å². The molecule has 1 atom stereocenters. The molecule has 1 heterocycles. The maximum absolute atomic E-state index is 12.2. The molecule has 0 saturated carbocycles. The SMILES string of the molecule is CCOC(=O)[C@H]1CCCN(S(=O)(=O)CCOC(C)C)C1. The van der Waals surface area contributed by atoms with Crippen molar-refractivity contribution in [1.82, 2.24) is 4.31 Å². The molecule has 6 nitrogen and oxygen atoms in total. The molecule has 0 radical (unpaired) electrons. The number of carbonyl (C=O) groups excluding carboxylic acids is 1. The molecule has 7 heteroatoms. The van der Waals surface area contributed by atoms with Crippen LogP contribution in [0.4, 0.5) is 0 Å². The first-order valence-corrected chi connectivity index (χ1v) is 8.73. The Labute approximate surface area is 121 Å². The summed E-state index contributed by atoms with van der Waals surface area (Å²) in [6, 6.07) is 0. The molecule has 0 amide bonds. The van der Waals surface area contributed by atoms with Crippen LogP contribution >= 0.6 is 0 Å². The summed E-state index contributed by atoms with van der Waals surface area (Å²) >= 11 is 0. The van der Waals surface area contributed by atoms with Gasteiger partial charge in [-0.25, -0.2) is 12.7 Å². The molecule has 0 aliphatic carbocycles. The third kappa shape index (κ3) is 5.38. The van der Waals surface area contributed by atoms with E-state index in [1.54, 1.807) is 6.92 Å². The third-order valence-electron chi connectivity index (χ3n) is 3.19. The van der Waals surface area contributed by atoms with Gasteiger partial charge in [0, 0.05) is 13.1 Å². The number of hydrogen-bond acceptors (Lipinski definition) is 5. The molecule has 1 fully saturated rings. The van der Waals surface area contributed by atoms with Gasteiger partial charge in [0.05, 0.1) is 31.0 Å². The second-order valence-corrected chi connectivity index (χ2v) is 7.27. The van der Waals surface area contributed by atoms with Crippen molar-refractivity contribution in [3.05, 3.63) is 0 Å². The van der Waals surface area contributed by atoms with Gasteiger partial charge in [-0.1, -0.05) is 0 Å². The highest BCUT2D eigenvalue weighted by molar-refractivity contribution is 7.89. The van der Waals surface area contributed by atoms with E-state index in [4.69, 9.17) is 9.47 Å². The van der Waals surface area contributed by atoms with Crippen molar-refractivity contribution in [1.29, 1.82) is 0 Å². The fraction of sp³-hybridized carbons (Fsp3) is 0.923. The minimum Gasteiger partial charge on any atom is -0.466 e. The predicted molar refractivity (Wildman–Crippen MR) is 75.8 cm³/mol. The number of ether oxygens (including phenoxy) is 2. The smallest absolute Gasteiger partial charge is 0.310 e. The highest BCUT2D eigenvalue weighted by atomic mass is 32.2. The second kappa shape index (κ2) is 7.95. The fourth-order valence-electron chi connectivity index (χ4n) is 2.17. The average Bonchev–Trinajstić information content (AvgIpc) is 2.38. The summed E-state index contributed by atoms with van der Waals surface area (Å²) in [4.78, 5) is 11.7. The molecule has 1 aliphatic rings. The number of sulfonamides is 1. The minimum atomic E-state index is -3.36. The summed E-state index contributed by atoms with van der Waals surface area (Å²) in [5.74, 6) is -0.684. The van der Waals surface area contributed by atoms with Crippen LogP contribution in [0.1, 0.15) is 33.6 Å². The Morgan fingerprint density at radius 2 is 2.10 bits per heavy atom. The van der Waals surface area contributed by atoms with Crippen LogP contribution in [-0.4, -0.2) is 56.9 Å². The Bertz CT molecular complexity index is 407. The average molecular weight is 307 g/mol. The zero-order valence-corrected chi connectivity index (χ0v) is 13.3. The van der Waals surface area contributed by atoms with E-state index in [1.807, 2.05) is 13.8 Å². The maximum atomic E-state index is 12.2. The Hall–Kier alpha value is -0.660. The maximum Gasteiger partial charge on any atom is 0.310 e. The first-order chi connectivity index (χ1) is 9.36. The van der Waals surface area contributed by atoms with Crippen LogP contribution in [0.2, 0.25) is 0 Å². The number of rotatable bonds is 7. The Morgan fingerprint density at radius 3 is 2.70 bits per heavy atom. The van der Waals surface area contributed by atoms with Crippen molar-refractivity contribution in [3.63, 3.8) is 0 Å². The molecule has 0 bridgehead atoms. The van der Waals surface area contributed by atoms with Gasteiger partial charge in [0.2, 0.25) is 10.0 Å². The first-order valence-electron chi connectivity index (χ1n) is 7.13. The number of piperidine rings is 1. The number of nitrogens with zero attached hydrogens (tertiary/aromatic N) is 1. The van der Waals surface area contributed by atoms with Gasteiger partial charge in [-0.3, -0.25) is 4.79 Å². The van der Waals surface area contributed by atoms with Gasteiger partial charge >= 0.3 is 5.97 Å². The van der Waals surface area contributed by atoms with E-state index in [0.717, 1.165) is 0 Å². The fourth-order valence-corrected chi connectivity index (χ4v) is 3.55. The van der Waals surface area contributed by atoms with Crippen molar-refractivity contribution < 1.29 is 22.7 Å². The topological polar surface area (TPSA) is 72.9 Å². The standard InChI is InChI=1S/C13H25NO5S/c1-4-18-13(15)12-6-5-7-14(10-12)20(16,17)9-8-19-11(2)3/h11-12H,4-10H2,1-3H3/t12-/m0/s1. The lowest BCUT2D eigenvalue weighted by Crippen LogP contribution is -2.44. The highest BCUT2D eigenvalue weighted by Gasteiger charge is 2.32. The summed E-state index contributed by atoms with van der Waals surface area (Å²) in [6.07, 6.45) is 1.39. The first kappa shape index (κ1) is 17.4. The zero-order valence-electron chi connectivity index (χ0n) is 12.5. The van der Waals surface area contributed by atoms with Gasteiger partial charge in [-0.15, -0.1) is 0 Å². The summed E-state index contributed by atoms with van der Waals surface area (Å²) < 4.78 is 36.0. The summed E-state index contributed by atoms with van der Waals surface area (Å²) in [5.41, 5.74) is 0. The van der Waals surface area contributed by atoms with Gasteiger partial charge in [0.1, 0.15) is 0 Å². The summed E-state index contributed by atoms with van der Waals surface area (Å²) in [5, 5.41) is 0. The second-order valence-electron chi connectivity index (χ2n) is 5.18. The molecule has 1 saturated heterocycles. The lowest BCUT2D eigenvalue weighted by molar-refractivity contribution is -0.149. The molecular formula is C13H25NO5S. The molecule has 0 spiro atoms. The molecule has 0 N–H and O–H groups in total. The van der Waals surface area contributed by atoms with E-state index in [1.165, 1.54) is 4.31 Å². The monoisotopic (exact) mass is 307 g/mol. The van der Waals surface area contributed by atoms with Gasteiger partial charge < -0.3 is 9.47 Å². The van der Waals surface area contributed by atoms with Crippen LogP contribution in [0.3, 0.4) is 0 Å².